The number of aliphatic carboxylic acids is 1. The monoisotopic (exact) mass is 349 g/mol. The van der Waals surface area contributed by atoms with Crippen LogP contribution in [0.5, 0.6) is 11.5 Å². The van der Waals surface area contributed by atoms with Crippen molar-refractivity contribution < 1.29 is 24.2 Å². The number of methoxy groups -OCH3 is 1. The molecule has 1 N–H and O–H groups in total. The van der Waals surface area contributed by atoms with Gasteiger partial charge in [-0.3, -0.25) is 9.59 Å². The number of benzene rings is 1. The van der Waals surface area contributed by atoms with Crippen LogP contribution in [-0.4, -0.2) is 48.7 Å². The van der Waals surface area contributed by atoms with Crippen molar-refractivity contribution in [1.82, 2.24) is 4.90 Å². The molecular formula is C19H27NO5. The van der Waals surface area contributed by atoms with Crippen molar-refractivity contribution in [3.8, 4) is 11.5 Å². The highest BCUT2D eigenvalue weighted by molar-refractivity contribution is 5.95. The SMILES string of the molecule is CCCCOc1ccc(C(=O)N2CCCC(C)(C(=O)O)C2)cc1OC. The molecule has 1 saturated heterocycles. The average Bonchev–Trinajstić information content (AvgIpc) is 2.61. The second-order valence-electron chi connectivity index (χ2n) is 6.76. The molecule has 0 radical (unpaired) electrons. The van der Waals surface area contributed by atoms with Crippen molar-refractivity contribution in [2.75, 3.05) is 26.8 Å². The maximum absolute atomic E-state index is 12.8. The van der Waals surface area contributed by atoms with Crippen molar-refractivity contribution in [2.24, 2.45) is 5.41 Å². The summed E-state index contributed by atoms with van der Waals surface area (Å²) < 4.78 is 11.0. The number of ether oxygens (including phenoxy) is 2. The van der Waals surface area contributed by atoms with Gasteiger partial charge in [-0.05, 0) is 44.4 Å². The molecule has 1 aromatic carbocycles. The zero-order chi connectivity index (χ0) is 18.4. The highest BCUT2D eigenvalue weighted by Gasteiger charge is 2.39. The summed E-state index contributed by atoms with van der Waals surface area (Å²) >= 11 is 0. The standard InChI is InChI=1S/C19H27NO5/c1-4-5-11-25-15-8-7-14(12-16(15)24-3)17(21)20-10-6-9-19(2,13-20)18(22)23/h7-8,12H,4-6,9-11,13H2,1-3H3,(H,22,23). The molecule has 25 heavy (non-hydrogen) atoms. The Morgan fingerprint density at radius 1 is 1.32 bits per heavy atom. The predicted molar refractivity (Wildman–Crippen MR) is 94.3 cm³/mol. The van der Waals surface area contributed by atoms with Crippen molar-refractivity contribution in [1.29, 1.82) is 0 Å². The summed E-state index contributed by atoms with van der Waals surface area (Å²) in [4.78, 5) is 25.9. The van der Waals surface area contributed by atoms with Gasteiger partial charge in [-0.1, -0.05) is 13.3 Å². The molecule has 0 saturated carbocycles. The van der Waals surface area contributed by atoms with Crippen LogP contribution in [0, 0.1) is 5.41 Å². The second-order valence-corrected chi connectivity index (χ2v) is 6.76. The Bertz CT molecular complexity index is 630. The van der Waals surface area contributed by atoms with Gasteiger partial charge < -0.3 is 19.5 Å². The molecular weight excluding hydrogens is 322 g/mol. The number of likely N-dealkylation sites (tertiary alicyclic amines) is 1. The van der Waals surface area contributed by atoms with E-state index in [0.717, 1.165) is 12.8 Å². The summed E-state index contributed by atoms with van der Waals surface area (Å²) in [7, 11) is 1.54. The summed E-state index contributed by atoms with van der Waals surface area (Å²) in [5, 5.41) is 9.41. The molecule has 1 atom stereocenters. The lowest BCUT2D eigenvalue weighted by molar-refractivity contribution is -0.150. The minimum atomic E-state index is -0.888. The van der Waals surface area contributed by atoms with E-state index in [0.29, 0.717) is 43.1 Å². The van der Waals surface area contributed by atoms with Gasteiger partial charge >= 0.3 is 5.97 Å². The molecule has 1 unspecified atom stereocenters. The Hall–Kier alpha value is -2.24. The zero-order valence-corrected chi connectivity index (χ0v) is 15.2. The number of piperidine rings is 1. The maximum Gasteiger partial charge on any atom is 0.311 e. The number of nitrogens with zero attached hydrogens (tertiary/aromatic N) is 1. The molecule has 2 rings (SSSR count). The number of carboxylic acid groups (broad SMARTS) is 1. The molecule has 1 aliphatic rings. The van der Waals surface area contributed by atoms with Gasteiger partial charge in [0.15, 0.2) is 11.5 Å². The third-order valence-corrected chi connectivity index (χ3v) is 4.67. The molecule has 0 bridgehead atoms. The zero-order valence-electron chi connectivity index (χ0n) is 15.2. The summed E-state index contributed by atoms with van der Waals surface area (Å²) in [6, 6.07) is 5.11. The van der Waals surface area contributed by atoms with Gasteiger partial charge in [0, 0.05) is 18.7 Å². The van der Waals surface area contributed by atoms with Crippen molar-refractivity contribution >= 4 is 11.9 Å². The summed E-state index contributed by atoms with van der Waals surface area (Å²) in [5.41, 5.74) is -0.407. The predicted octanol–water partition coefficient (Wildman–Crippen LogP) is 3.20. The second kappa shape index (κ2) is 8.23. The van der Waals surface area contributed by atoms with Crippen LogP contribution in [0.15, 0.2) is 18.2 Å². The molecule has 138 valence electrons. The third kappa shape index (κ3) is 4.44. The number of unbranched alkanes of at least 4 members (excludes halogenated alkanes) is 1. The lowest BCUT2D eigenvalue weighted by atomic mass is 9.82. The van der Waals surface area contributed by atoms with Gasteiger partial charge in [0.05, 0.1) is 19.1 Å². The topological polar surface area (TPSA) is 76.1 Å². The van der Waals surface area contributed by atoms with Crippen LogP contribution < -0.4 is 9.47 Å². The Balaban J connectivity index is 2.14. The lowest BCUT2D eigenvalue weighted by Gasteiger charge is -2.37. The van der Waals surface area contributed by atoms with E-state index in [-0.39, 0.29) is 12.5 Å². The Labute approximate surface area is 148 Å². The first-order valence-corrected chi connectivity index (χ1v) is 8.75. The van der Waals surface area contributed by atoms with Crippen LogP contribution in [0.2, 0.25) is 0 Å². The Kier molecular flexibility index (Phi) is 6.28. The highest BCUT2D eigenvalue weighted by atomic mass is 16.5. The number of carbonyl (C=O) groups is 2. The number of amides is 1. The quantitative estimate of drug-likeness (QED) is 0.765. The molecule has 0 spiro atoms. The molecule has 1 heterocycles. The molecule has 0 aliphatic carbocycles. The van der Waals surface area contributed by atoms with Gasteiger partial charge in [0.2, 0.25) is 0 Å². The van der Waals surface area contributed by atoms with Crippen LogP contribution in [0.3, 0.4) is 0 Å². The fourth-order valence-corrected chi connectivity index (χ4v) is 3.02. The first-order chi connectivity index (χ1) is 11.9. The molecule has 1 amide bonds. The van der Waals surface area contributed by atoms with Crippen molar-refractivity contribution in [3.63, 3.8) is 0 Å². The van der Waals surface area contributed by atoms with E-state index in [1.165, 1.54) is 0 Å². The van der Waals surface area contributed by atoms with E-state index in [2.05, 4.69) is 6.92 Å². The minimum Gasteiger partial charge on any atom is -0.493 e. The van der Waals surface area contributed by atoms with E-state index in [1.807, 2.05) is 0 Å². The third-order valence-electron chi connectivity index (χ3n) is 4.67. The van der Waals surface area contributed by atoms with Gasteiger partial charge in [0.1, 0.15) is 0 Å². The summed E-state index contributed by atoms with van der Waals surface area (Å²) in [6.07, 6.45) is 3.26. The van der Waals surface area contributed by atoms with E-state index >= 15 is 0 Å². The maximum atomic E-state index is 12.8. The number of carbonyl (C=O) groups excluding carboxylic acids is 1. The average molecular weight is 349 g/mol. The fourth-order valence-electron chi connectivity index (χ4n) is 3.02. The minimum absolute atomic E-state index is 0.175. The van der Waals surface area contributed by atoms with Gasteiger partial charge in [0.25, 0.3) is 5.91 Å². The van der Waals surface area contributed by atoms with E-state index in [9.17, 15) is 14.7 Å². The number of hydrogen-bond donors (Lipinski definition) is 1. The van der Waals surface area contributed by atoms with Gasteiger partial charge in [-0.15, -0.1) is 0 Å². The molecule has 1 aromatic rings. The Morgan fingerprint density at radius 3 is 2.72 bits per heavy atom. The number of carboxylic acids is 1. The van der Waals surface area contributed by atoms with Gasteiger partial charge in [-0.2, -0.15) is 0 Å². The van der Waals surface area contributed by atoms with Crippen LogP contribution >= 0.6 is 0 Å². The molecule has 1 aliphatic heterocycles. The van der Waals surface area contributed by atoms with Crippen molar-refractivity contribution in [3.05, 3.63) is 23.8 Å². The van der Waals surface area contributed by atoms with Crippen LogP contribution in [-0.2, 0) is 4.79 Å². The Morgan fingerprint density at radius 2 is 2.08 bits per heavy atom. The molecule has 6 nitrogen and oxygen atoms in total. The molecule has 0 aromatic heterocycles. The van der Waals surface area contributed by atoms with Crippen LogP contribution in [0.4, 0.5) is 0 Å². The normalized spacial score (nSPS) is 20.2. The molecule has 1 fully saturated rings. The van der Waals surface area contributed by atoms with Gasteiger partial charge in [-0.25, -0.2) is 0 Å². The number of hydrogen-bond acceptors (Lipinski definition) is 4. The van der Waals surface area contributed by atoms with E-state index in [1.54, 1.807) is 37.1 Å². The lowest BCUT2D eigenvalue weighted by Crippen LogP contribution is -2.48. The summed E-state index contributed by atoms with van der Waals surface area (Å²) in [5.74, 6) is 0.0920. The van der Waals surface area contributed by atoms with Crippen LogP contribution in [0.25, 0.3) is 0 Å². The van der Waals surface area contributed by atoms with E-state index < -0.39 is 11.4 Å². The fraction of sp³-hybridized carbons (Fsp3) is 0.579. The van der Waals surface area contributed by atoms with Crippen molar-refractivity contribution in [2.45, 2.75) is 39.5 Å². The van der Waals surface area contributed by atoms with E-state index in [4.69, 9.17) is 9.47 Å². The number of rotatable bonds is 7. The largest absolute Gasteiger partial charge is 0.493 e. The van der Waals surface area contributed by atoms with Crippen LogP contribution in [0.1, 0.15) is 49.9 Å². The summed E-state index contributed by atoms with van der Waals surface area (Å²) in [6.45, 7) is 5.17. The first-order valence-electron chi connectivity index (χ1n) is 8.75. The molecule has 6 heteroatoms. The highest BCUT2D eigenvalue weighted by Crippen LogP contribution is 2.32. The smallest absolute Gasteiger partial charge is 0.311 e. The first kappa shape index (κ1) is 19.1.